The van der Waals surface area contributed by atoms with E-state index < -0.39 is 16.2 Å². The minimum absolute atomic E-state index is 0.0321. The molecule has 1 aliphatic rings. The van der Waals surface area contributed by atoms with Gasteiger partial charge in [-0.1, -0.05) is 17.7 Å². The summed E-state index contributed by atoms with van der Waals surface area (Å²) in [4.78, 5) is 0.0321. The summed E-state index contributed by atoms with van der Waals surface area (Å²) in [7, 11) is -2.53. The monoisotopic (exact) mass is 295 g/mol. The van der Waals surface area contributed by atoms with Crippen molar-refractivity contribution >= 4 is 10.1 Å². The molecule has 1 N–H and O–H groups in total. The lowest BCUT2D eigenvalue weighted by Crippen LogP contribution is -2.23. The molecule has 0 fully saturated rings. The van der Waals surface area contributed by atoms with Crippen molar-refractivity contribution in [2.45, 2.75) is 17.9 Å². The molecule has 1 radical (unpaired) electrons. The van der Waals surface area contributed by atoms with Crippen LogP contribution in [0.2, 0.25) is 0 Å². The fourth-order valence-corrected chi connectivity index (χ4v) is 2.60. The molecule has 0 amide bonds. The molecule has 0 saturated heterocycles. The van der Waals surface area contributed by atoms with Crippen LogP contribution in [0, 0.1) is 13.0 Å². The van der Waals surface area contributed by atoms with Crippen molar-refractivity contribution in [2.24, 2.45) is 0 Å². The number of allylic oxidation sites excluding steroid dienone is 1. The molecule has 1 aromatic rings. The summed E-state index contributed by atoms with van der Waals surface area (Å²) in [5, 5.41) is 9.72. The minimum atomic E-state index is -3.97. The predicted molar refractivity (Wildman–Crippen MR) is 72.9 cm³/mol. The SMILES string of the molecule is COC1=C[C](OS(=O)(=O)c2ccc(C)cc2)C(O)C=C1. The lowest BCUT2D eigenvalue weighted by molar-refractivity contribution is 0.160. The van der Waals surface area contributed by atoms with Gasteiger partial charge in [0, 0.05) is 0 Å². The third-order valence-electron chi connectivity index (χ3n) is 2.77. The molecule has 1 atom stereocenters. The Labute approximate surface area is 118 Å². The molecule has 20 heavy (non-hydrogen) atoms. The highest BCUT2D eigenvalue weighted by atomic mass is 32.2. The van der Waals surface area contributed by atoms with Crippen molar-refractivity contribution < 1.29 is 22.4 Å². The van der Waals surface area contributed by atoms with Crippen LogP contribution in [0.15, 0.2) is 53.1 Å². The van der Waals surface area contributed by atoms with Gasteiger partial charge in [-0.3, -0.25) is 0 Å². The first-order valence-electron chi connectivity index (χ1n) is 5.92. The van der Waals surface area contributed by atoms with Crippen molar-refractivity contribution in [3.05, 3.63) is 59.9 Å². The van der Waals surface area contributed by atoms with Gasteiger partial charge in [0.1, 0.15) is 11.9 Å². The summed E-state index contributed by atoms with van der Waals surface area (Å²) in [5.41, 5.74) is 0.943. The largest absolute Gasteiger partial charge is 0.497 e. The zero-order valence-corrected chi connectivity index (χ0v) is 11.9. The molecular formula is C14H15O5S. The Balaban J connectivity index is 2.22. The van der Waals surface area contributed by atoms with E-state index in [1.54, 1.807) is 12.1 Å². The van der Waals surface area contributed by atoms with Gasteiger partial charge in [-0.15, -0.1) is 0 Å². The van der Waals surface area contributed by atoms with Gasteiger partial charge < -0.3 is 9.84 Å². The number of aryl methyl sites for hydroxylation is 1. The van der Waals surface area contributed by atoms with Gasteiger partial charge in [-0.2, -0.15) is 8.42 Å². The summed E-state index contributed by atoms with van der Waals surface area (Å²) in [6, 6.07) is 6.26. The number of benzene rings is 1. The molecule has 0 bridgehead atoms. The van der Waals surface area contributed by atoms with Gasteiger partial charge in [0.2, 0.25) is 0 Å². The molecule has 2 rings (SSSR count). The van der Waals surface area contributed by atoms with E-state index in [0.717, 1.165) is 5.56 Å². The second kappa shape index (κ2) is 5.78. The van der Waals surface area contributed by atoms with E-state index in [4.69, 9.17) is 8.92 Å². The number of ether oxygens (including phenoxy) is 1. The van der Waals surface area contributed by atoms with Crippen LogP contribution in [0.25, 0.3) is 0 Å². The van der Waals surface area contributed by atoms with Crippen LogP contribution >= 0.6 is 0 Å². The molecule has 0 aromatic heterocycles. The highest BCUT2D eigenvalue weighted by molar-refractivity contribution is 7.86. The van der Waals surface area contributed by atoms with Gasteiger partial charge in [0.15, 0.2) is 6.10 Å². The number of methoxy groups -OCH3 is 1. The number of aliphatic hydroxyl groups is 1. The Morgan fingerprint density at radius 2 is 1.85 bits per heavy atom. The Bertz CT molecular complexity index is 628. The zero-order valence-electron chi connectivity index (χ0n) is 11.1. The van der Waals surface area contributed by atoms with E-state index in [9.17, 15) is 13.5 Å². The first-order chi connectivity index (χ1) is 9.42. The standard InChI is InChI=1S/C14H15O5S/c1-10-3-6-12(7-4-10)20(16,17)19-14-9-11(18-2)5-8-13(14)15/h3-9,13,15H,1-2H3. The van der Waals surface area contributed by atoms with Crippen molar-refractivity contribution in [3.8, 4) is 0 Å². The van der Waals surface area contributed by atoms with Crippen LogP contribution in [-0.4, -0.2) is 26.7 Å². The maximum Gasteiger partial charge on any atom is 0.298 e. The molecule has 0 heterocycles. The lowest BCUT2D eigenvalue weighted by Gasteiger charge is -2.20. The maximum absolute atomic E-state index is 12.1. The van der Waals surface area contributed by atoms with Gasteiger partial charge in [0.05, 0.1) is 12.0 Å². The van der Waals surface area contributed by atoms with Crippen molar-refractivity contribution in [2.75, 3.05) is 7.11 Å². The molecular weight excluding hydrogens is 280 g/mol. The van der Waals surface area contributed by atoms with E-state index in [-0.39, 0.29) is 11.0 Å². The van der Waals surface area contributed by atoms with E-state index in [0.29, 0.717) is 5.76 Å². The highest BCUT2D eigenvalue weighted by Gasteiger charge is 2.28. The summed E-state index contributed by atoms with van der Waals surface area (Å²) >= 11 is 0. The van der Waals surface area contributed by atoms with Gasteiger partial charge in [-0.25, -0.2) is 4.18 Å². The number of aliphatic hydroxyl groups excluding tert-OH is 1. The lowest BCUT2D eigenvalue weighted by atomic mass is 10.1. The molecule has 0 spiro atoms. The summed E-state index contributed by atoms with van der Waals surface area (Å²) < 4.78 is 34.2. The smallest absolute Gasteiger partial charge is 0.298 e. The number of rotatable bonds is 4. The van der Waals surface area contributed by atoms with Gasteiger partial charge in [-0.05, 0) is 37.3 Å². The third kappa shape index (κ3) is 3.27. The molecule has 0 aliphatic heterocycles. The number of hydrogen-bond acceptors (Lipinski definition) is 5. The van der Waals surface area contributed by atoms with Crippen LogP contribution < -0.4 is 0 Å². The fourth-order valence-electron chi connectivity index (χ4n) is 1.63. The Hall–Kier alpha value is -1.63. The van der Waals surface area contributed by atoms with Crippen molar-refractivity contribution in [1.29, 1.82) is 0 Å². The van der Waals surface area contributed by atoms with Crippen LogP contribution in [-0.2, 0) is 19.0 Å². The van der Waals surface area contributed by atoms with Gasteiger partial charge >= 0.3 is 0 Å². The van der Waals surface area contributed by atoms with Crippen molar-refractivity contribution in [1.82, 2.24) is 0 Å². The quantitative estimate of drug-likeness (QED) is 0.856. The molecule has 107 valence electrons. The highest BCUT2D eigenvalue weighted by Crippen LogP contribution is 2.26. The molecule has 5 nitrogen and oxygen atoms in total. The minimum Gasteiger partial charge on any atom is -0.497 e. The number of hydrogen-bond donors (Lipinski definition) is 1. The van der Waals surface area contributed by atoms with E-state index in [2.05, 4.69) is 0 Å². The van der Waals surface area contributed by atoms with Crippen LogP contribution in [0.3, 0.4) is 0 Å². The van der Waals surface area contributed by atoms with E-state index in [1.807, 2.05) is 6.92 Å². The molecule has 1 aromatic carbocycles. The zero-order chi connectivity index (χ0) is 14.8. The molecule has 1 aliphatic carbocycles. The molecule has 6 heteroatoms. The summed E-state index contributed by atoms with van der Waals surface area (Å²) in [6.45, 7) is 1.86. The first-order valence-corrected chi connectivity index (χ1v) is 7.33. The summed E-state index contributed by atoms with van der Waals surface area (Å²) in [6.07, 6.45) is 3.06. The van der Waals surface area contributed by atoms with E-state index >= 15 is 0 Å². The average molecular weight is 295 g/mol. The Morgan fingerprint density at radius 1 is 1.20 bits per heavy atom. The fraction of sp³-hybridized carbons (Fsp3) is 0.214. The summed E-state index contributed by atoms with van der Waals surface area (Å²) in [5.74, 6) is 0.407. The van der Waals surface area contributed by atoms with Crippen LogP contribution in [0.5, 0.6) is 0 Å². The second-order valence-electron chi connectivity index (χ2n) is 4.31. The normalized spacial score (nSPS) is 19.8. The molecule has 0 saturated carbocycles. The molecule has 1 unspecified atom stereocenters. The second-order valence-corrected chi connectivity index (χ2v) is 5.85. The Morgan fingerprint density at radius 3 is 2.45 bits per heavy atom. The van der Waals surface area contributed by atoms with Crippen molar-refractivity contribution in [3.63, 3.8) is 0 Å². The third-order valence-corrected chi connectivity index (χ3v) is 4.03. The van der Waals surface area contributed by atoms with Crippen LogP contribution in [0.4, 0.5) is 0 Å². The topological polar surface area (TPSA) is 72.8 Å². The predicted octanol–water partition coefficient (Wildman–Crippen LogP) is 1.69. The first kappa shape index (κ1) is 14.8. The average Bonchev–Trinajstić information content (AvgIpc) is 2.41. The maximum atomic E-state index is 12.1. The Kier molecular flexibility index (Phi) is 4.27. The van der Waals surface area contributed by atoms with Gasteiger partial charge in [0.25, 0.3) is 10.1 Å². The van der Waals surface area contributed by atoms with Crippen LogP contribution in [0.1, 0.15) is 5.56 Å². The van der Waals surface area contributed by atoms with E-state index in [1.165, 1.54) is 37.5 Å².